The quantitative estimate of drug-likeness (QED) is 0.230. The zero-order valence-corrected chi connectivity index (χ0v) is 19.2. The molecule has 1 nitrogen and oxygen atoms in total. The van der Waals surface area contributed by atoms with Crippen molar-refractivity contribution in [1.82, 2.24) is 4.98 Å². The summed E-state index contributed by atoms with van der Waals surface area (Å²) in [6.45, 7) is 4.78. The van der Waals surface area contributed by atoms with Crippen molar-refractivity contribution in [3.8, 4) is 11.1 Å². The highest BCUT2D eigenvalue weighted by Gasteiger charge is 2.39. The summed E-state index contributed by atoms with van der Waals surface area (Å²) >= 11 is 0. The van der Waals surface area contributed by atoms with Gasteiger partial charge in [-0.25, -0.2) is 0 Å². The van der Waals surface area contributed by atoms with Crippen LogP contribution < -0.4 is 0 Å². The van der Waals surface area contributed by atoms with E-state index in [2.05, 4.69) is 116 Å². The predicted molar refractivity (Wildman–Crippen MR) is 146 cm³/mol. The van der Waals surface area contributed by atoms with Crippen LogP contribution in [0.5, 0.6) is 0 Å². The first kappa shape index (κ1) is 18.3. The fourth-order valence-electron chi connectivity index (χ4n) is 6.80. The number of H-pyrrole nitrogens is 1. The zero-order chi connectivity index (χ0) is 22.6. The predicted octanol–water partition coefficient (Wildman–Crippen LogP) is 9.09. The number of benzene rings is 6. The Morgan fingerprint density at radius 2 is 1.09 bits per heavy atom. The van der Waals surface area contributed by atoms with E-state index in [1.54, 1.807) is 0 Å². The number of hydrogen-bond donors (Lipinski definition) is 1. The number of rotatable bonds is 0. The summed E-state index contributed by atoms with van der Waals surface area (Å²) in [5, 5.41) is 10.7. The van der Waals surface area contributed by atoms with Crippen LogP contribution in [0.4, 0.5) is 0 Å². The third-order valence-electron chi connectivity index (χ3n) is 8.13. The van der Waals surface area contributed by atoms with Crippen LogP contribution in [0, 0.1) is 0 Å². The monoisotopic (exact) mass is 433 g/mol. The van der Waals surface area contributed by atoms with Gasteiger partial charge in [0.1, 0.15) is 0 Å². The van der Waals surface area contributed by atoms with Gasteiger partial charge >= 0.3 is 0 Å². The Morgan fingerprint density at radius 1 is 0.529 bits per heavy atom. The van der Waals surface area contributed by atoms with Crippen molar-refractivity contribution >= 4 is 54.1 Å². The molecule has 0 aliphatic heterocycles. The molecule has 0 spiro atoms. The normalized spacial score (nSPS) is 14.4. The van der Waals surface area contributed by atoms with Crippen LogP contribution in [-0.4, -0.2) is 4.98 Å². The molecule has 0 unspecified atom stereocenters. The molecule has 0 radical (unpaired) electrons. The van der Waals surface area contributed by atoms with Crippen molar-refractivity contribution in [3.63, 3.8) is 0 Å². The molecule has 160 valence electrons. The standard InChI is InChI=1S/C33H23N/c1-33(2)25-17-9-7-15-23(25)29-28-20-12-4-3-11-19(20)27-24-16-8-10-18-26(24)34-32(27)30(28)21-13-5-6-14-22(21)31(29)33/h3-18,34H,1-2H3. The van der Waals surface area contributed by atoms with Crippen molar-refractivity contribution in [1.29, 1.82) is 0 Å². The van der Waals surface area contributed by atoms with Crippen molar-refractivity contribution in [2.75, 3.05) is 0 Å². The fourth-order valence-corrected chi connectivity index (χ4v) is 6.80. The molecular formula is C33H23N. The molecule has 1 heteroatoms. The topological polar surface area (TPSA) is 15.8 Å². The van der Waals surface area contributed by atoms with Crippen LogP contribution in [0.15, 0.2) is 97.1 Å². The number of para-hydroxylation sites is 1. The molecule has 0 saturated heterocycles. The van der Waals surface area contributed by atoms with Crippen molar-refractivity contribution in [3.05, 3.63) is 108 Å². The maximum absolute atomic E-state index is 3.84. The lowest BCUT2D eigenvalue weighted by molar-refractivity contribution is 0.666. The zero-order valence-electron chi connectivity index (χ0n) is 19.2. The summed E-state index contributed by atoms with van der Waals surface area (Å²) < 4.78 is 0. The van der Waals surface area contributed by atoms with E-state index in [4.69, 9.17) is 0 Å². The lowest BCUT2D eigenvalue weighted by atomic mass is 9.78. The molecule has 8 rings (SSSR count). The van der Waals surface area contributed by atoms with Gasteiger partial charge in [0.2, 0.25) is 0 Å². The van der Waals surface area contributed by atoms with Crippen LogP contribution in [-0.2, 0) is 5.41 Å². The van der Waals surface area contributed by atoms with Gasteiger partial charge in [0, 0.05) is 32.5 Å². The molecule has 0 bridgehead atoms. The largest absolute Gasteiger partial charge is 0.354 e. The van der Waals surface area contributed by atoms with Gasteiger partial charge in [-0.05, 0) is 49.9 Å². The van der Waals surface area contributed by atoms with E-state index in [1.165, 1.54) is 76.4 Å². The summed E-state index contributed by atoms with van der Waals surface area (Å²) in [4.78, 5) is 3.84. The Bertz CT molecular complexity index is 1980. The molecule has 34 heavy (non-hydrogen) atoms. The summed E-state index contributed by atoms with van der Waals surface area (Å²) in [6.07, 6.45) is 0. The SMILES string of the molecule is CC1(C)c2ccccc2-c2c1c1ccccc1c1c3[nH]c4ccccc4c3c3ccccc3c21. The van der Waals surface area contributed by atoms with Gasteiger partial charge in [-0.1, -0.05) is 105 Å². The van der Waals surface area contributed by atoms with E-state index in [0.29, 0.717) is 0 Å². The van der Waals surface area contributed by atoms with Crippen LogP contribution in [0.1, 0.15) is 25.0 Å². The first-order chi connectivity index (χ1) is 16.7. The van der Waals surface area contributed by atoms with Gasteiger partial charge in [0.15, 0.2) is 0 Å². The maximum Gasteiger partial charge on any atom is 0.0557 e. The molecule has 1 aliphatic carbocycles. The van der Waals surface area contributed by atoms with Gasteiger partial charge in [-0.3, -0.25) is 0 Å². The minimum absolute atomic E-state index is 0.0593. The summed E-state index contributed by atoms with van der Waals surface area (Å²) in [5.74, 6) is 0. The minimum Gasteiger partial charge on any atom is -0.354 e. The highest BCUT2D eigenvalue weighted by Crippen LogP contribution is 2.56. The first-order valence-corrected chi connectivity index (χ1v) is 12.1. The van der Waals surface area contributed by atoms with Gasteiger partial charge in [0.05, 0.1) is 5.52 Å². The van der Waals surface area contributed by atoms with Gasteiger partial charge in [0.25, 0.3) is 0 Å². The Balaban J connectivity index is 1.80. The van der Waals surface area contributed by atoms with Crippen molar-refractivity contribution in [2.24, 2.45) is 0 Å². The second kappa shape index (κ2) is 6.07. The maximum atomic E-state index is 3.84. The average Bonchev–Trinajstić information content (AvgIpc) is 3.37. The highest BCUT2D eigenvalue weighted by atomic mass is 14.7. The van der Waals surface area contributed by atoms with E-state index in [-0.39, 0.29) is 5.41 Å². The second-order valence-corrected chi connectivity index (χ2v) is 10.2. The lowest BCUT2D eigenvalue weighted by Gasteiger charge is -2.24. The molecular weight excluding hydrogens is 410 g/mol. The second-order valence-electron chi connectivity index (χ2n) is 10.2. The molecule has 1 aliphatic rings. The van der Waals surface area contributed by atoms with E-state index >= 15 is 0 Å². The smallest absolute Gasteiger partial charge is 0.0557 e. The van der Waals surface area contributed by atoms with E-state index in [9.17, 15) is 0 Å². The van der Waals surface area contributed by atoms with Gasteiger partial charge < -0.3 is 4.98 Å². The Kier molecular flexibility index (Phi) is 3.27. The Morgan fingerprint density at radius 3 is 1.85 bits per heavy atom. The molecule has 6 aromatic carbocycles. The molecule has 7 aromatic rings. The van der Waals surface area contributed by atoms with Gasteiger partial charge in [-0.2, -0.15) is 0 Å². The van der Waals surface area contributed by atoms with Crippen LogP contribution in [0.3, 0.4) is 0 Å². The van der Waals surface area contributed by atoms with Crippen LogP contribution in [0.2, 0.25) is 0 Å². The molecule has 1 heterocycles. The first-order valence-electron chi connectivity index (χ1n) is 12.1. The number of nitrogens with one attached hydrogen (secondary N) is 1. The number of fused-ring (bicyclic) bond motifs is 15. The number of hydrogen-bond acceptors (Lipinski definition) is 0. The Labute approximate surface area is 197 Å². The summed E-state index contributed by atoms with van der Waals surface area (Å²) in [6, 6.07) is 35.7. The van der Waals surface area contributed by atoms with E-state index < -0.39 is 0 Å². The Hall–Kier alpha value is -4.10. The molecule has 0 fully saturated rings. The third-order valence-corrected chi connectivity index (χ3v) is 8.13. The lowest BCUT2D eigenvalue weighted by Crippen LogP contribution is -2.15. The molecule has 0 amide bonds. The highest BCUT2D eigenvalue weighted by molar-refractivity contribution is 6.38. The molecule has 0 atom stereocenters. The summed E-state index contributed by atoms with van der Waals surface area (Å²) in [5.41, 5.74) is 8.04. The third kappa shape index (κ3) is 2.02. The fraction of sp³-hybridized carbons (Fsp3) is 0.0909. The van der Waals surface area contributed by atoms with Crippen LogP contribution in [0.25, 0.3) is 65.3 Å². The van der Waals surface area contributed by atoms with E-state index in [0.717, 1.165) is 0 Å². The van der Waals surface area contributed by atoms with Crippen LogP contribution >= 0.6 is 0 Å². The van der Waals surface area contributed by atoms with Gasteiger partial charge in [-0.15, -0.1) is 0 Å². The number of aromatic amines is 1. The molecule has 0 saturated carbocycles. The summed E-state index contributed by atoms with van der Waals surface area (Å²) in [7, 11) is 0. The molecule has 1 N–H and O–H groups in total. The molecule has 1 aromatic heterocycles. The minimum atomic E-state index is -0.0593. The van der Waals surface area contributed by atoms with Crippen molar-refractivity contribution in [2.45, 2.75) is 19.3 Å². The van der Waals surface area contributed by atoms with E-state index in [1.807, 2.05) is 0 Å². The average molecular weight is 434 g/mol. The van der Waals surface area contributed by atoms with Crippen molar-refractivity contribution < 1.29 is 0 Å². The number of aromatic nitrogens is 1.